The molecule has 120 valence electrons. The first kappa shape index (κ1) is 15.5. The molecular formula is C17H23NO3S. The maximum Gasteiger partial charge on any atom is 0.348 e. The fourth-order valence-corrected chi connectivity index (χ4v) is 4.56. The molecule has 1 aromatic rings. The Morgan fingerprint density at radius 1 is 1.27 bits per heavy atom. The topological polar surface area (TPSA) is 55.4 Å². The molecule has 0 bridgehead atoms. The Balaban J connectivity index is 1.46. The Kier molecular flexibility index (Phi) is 4.81. The number of carbonyl (C=O) groups excluding carboxylic acids is 2. The number of hydrogen-bond donors (Lipinski definition) is 1. The van der Waals surface area contributed by atoms with Crippen molar-refractivity contribution in [3.05, 3.63) is 21.4 Å². The van der Waals surface area contributed by atoms with Gasteiger partial charge in [-0.05, 0) is 49.7 Å². The average Bonchev–Trinajstić information content (AvgIpc) is 3.08. The van der Waals surface area contributed by atoms with Crippen molar-refractivity contribution < 1.29 is 14.3 Å². The van der Waals surface area contributed by atoms with Crippen molar-refractivity contribution in [2.75, 3.05) is 6.61 Å². The zero-order valence-corrected chi connectivity index (χ0v) is 13.8. The third kappa shape index (κ3) is 3.51. The van der Waals surface area contributed by atoms with Gasteiger partial charge in [-0.15, -0.1) is 11.3 Å². The van der Waals surface area contributed by atoms with Gasteiger partial charge in [0.15, 0.2) is 6.61 Å². The summed E-state index contributed by atoms with van der Waals surface area (Å²) in [5.74, 6) is -0.0453. The lowest BCUT2D eigenvalue weighted by Gasteiger charge is -2.29. The molecular weight excluding hydrogens is 298 g/mol. The van der Waals surface area contributed by atoms with Gasteiger partial charge in [-0.3, -0.25) is 4.79 Å². The van der Waals surface area contributed by atoms with Crippen molar-refractivity contribution in [3.8, 4) is 0 Å². The van der Waals surface area contributed by atoms with E-state index in [0.29, 0.717) is 10.8 Å². The zero-order chi connectivity index (χ0) is 15.5. The largest absolute Gasteiger partial charge is 0.451 e. The summed E-state index contributed by atoms with van der Waals surface area (Å²) >= 11 is 1.51. The summed E-state index contributed by atoms with van der Waals surface area (Å²) in [6.07, 6.45) is 7.89. The van der Waals surface area contributed by atoms with Crippen molar-refractivity contribution in [1.29, 1.82) is 0 Å². The normalized spacial score (nSPS) is 23.9. The zero-order valence-electron chi connectivity index (χ0n) is 13.0. The minimum atomic E-state index is -0.369. The van der Waals surface area contributed by atoms with Crippen LogP contribution in [0, 0.1) is 5.92 Å². The molecule has 0 saturated heterocycles. The van der Waals surface area contributed by atoms with Gasteiger partial charge < -0.3 is 10.1 Å². The van der Waals surface area contributed by atoms with Crippen molar-refractivity contribution in [1.82, 2.24) is 5.32 Å². The monoisotopic (exact) mass is 321 g/mol. The summed E-state index contributed by atoms with van der Waals surface area (Å²) < 4.78 is 5.16. The molecule has 1 heterocycles. The maximum atomic E-state index is 12.0. The molecule has 2 atom stereocenters. The van der Waals surface area contributed by atoms with E-state index in [1.165, 1.54) is 34.6 Å². The lowest BCUT2D eigenvalue weighted by Crippen LogP contribution is -2.42. The summed E-state index contributed by atoms with van der Waals surface area (Å²) in [6, 6.07) is 2.15. The molecule has 5 heteroatoms. The molecule has 0 spiro atoms. The maximum absolute atomic E-state index is 12.0. The molecule has 1 fully saturated rings. The van der Waals surface area contributed by atoms with Crippen LogP contribution >= 0.6 is 11.3 Å². The van der Waals surface area contributed by atoms with Crippen LogP contribution in [0.25, 0.3) is 0 Å². The second-order valence-corrected chi connectivity index (χ2v) is 7.56. The molecule has 2 aliphatic rings. The molecule has 3 rings (SSSR count). The summed E-state index contributed by atoms with van der Waals surface area (Å²) in [4.78, 5) is 25.9. The lowest BCUT2D eigenvalue weighted by molar-refractivity contribution is -0.125. The van der Waals surface area contributed by atoms with Gasteiger partial charge in [0.25, 0.3) is 5.91 Å². The van der Waals surface area contributed by atoms with E-state index >= 15 is 0 Å². The van der Waals surface area contributed by atoms with Gasteiger partial charge in [-0.1, -0.05) is 19.8 Å². The highest BCUT2D eigenvalue weighted by atomic mass is 32.1. The van der Waals surface area contributed by atoms with Gasteiger partial charge in [0.05, 0.1) is 0 Å². The number of fused-ring (bicyclic) bond motifs is 1. The molecule has 22 heavy (non-hydrogen) atoms. The SMILES string of the molecule is C[C@@H]1CCCC[C@@H]1NC(=O)COC(=O)c1cc2c(s1)CCC2. The van der Waals surface area contributed by atoms with E-state index in [1.54, 1.807) is 0 Å². The van der Waals surface area contributed by atoms with E-state index in [-0.39, 0.29) is 24.5 Å². The minimum absolute atomic E-state index is 0.176. The number of rotatable bonds is 4. The number of esters is 1. The van der Waals surface area contributed by atoms with E-state index in [0.717, 1.165) is 32.1 Å². The van der Waals surface area contributed by atoms with Gasteiger partial charge in [-0.2, -0.15) is 0 Å². The van der Waals surface area contributed by atoms with Gasteiger partial charge in [0.2, 0.25) is 0 Å². The lowest BCUT2D eigenvalue weighted by atomic mass is 9.86. The summed E-state index contributed by atoms with van der Waals surface area (Å²) in [7, 11) is 0. The minimum Gasteiger partial charge on any atom is -0.451 e. The number of nitrogens with one attached hydrogen (secondary N) is 1. The number of aryl methyl sites for hydroxylation is 2. The highest BCUT2D eigenvalue weighted by Crippen LogP contribution is 2.31. The smallest absolute Gasteiger partial charge is 0.348 e. The van der Waals surface area contributed by atoms with Crippen molar-refractivity contribution in [2.24, 2.45) is 5.92 Å². The molecule has 0 aromatic carbocycles. The van der Waals surface area contributed by atoms with Crippen molar-refractivity contribution in [3.63, 3.8) is 0 Å². The van der Waals surface area contributed by atoms with Crippen LogP contribution in [0.5, 0.6) is 0 Å². The first-order valence-electron chi connectivity index (χ1n) is 8.21. The van der Waals surface area contributed by atoms with Crippen LogP contribution < -0.4 is 5.32 Å². The number of carbonyl (C=O) groups is 2. The quantitative estimate of drug-likeness (QED) is 0.867. The van der Waals surface area contributed by atoms with E-state index < -0.39 is 0 Å². The van der Waals surface area contributed by atoms with Gasteiger partial charge in [0, 0.05) is 10.9 Å². The first-order valence-corrected chi connectivity index (χ1v) is 9.03. The predicted molar refractivity (Wildman–Crippen MR) is 86.2 cm³/mol. The molecule has 4 nitrogen and oxygen atoms in total. The third-order valence-corrected chi connectivity index (χ3v) is 5.96. The Bertz CT molecular complexity index is 545. The first-order chi connectivity index (χ1) is 10.6. The van der Waals surface area contributed by atoms with Gasteiger partial charge in [-0.25, -0.2) is 4.79 Å². The standard InChI is InChI=1S/C17H23NO3S/c1-11-5-2-3-7-13(11)18-16(19)10-21-17(20)15-9-12-6-4-8-14(12)22-15/h9,11,13H,2-8,10H2,1H3,(H,18,19)/t11-,13+/m1/s1. The fraction of sp³-hybridized carbons (Fsp3) is 0.647. The second-order valence-electron chi connectivity index (χ2n) is 6.42. The number of thiophene rings is 1. The van der Waals surface area contributed by atoms with Crippen LogP contribution in [0.2, 0.25) is 0 Å². The summed E-state index contributed by atoms with van der Waals surface area (Å²) in [5.41, 5.74) is 1.28. The summed E-state index contributed by atoms with van der Waals surface area (Å²) in [6.45, 7) is 1.99. The van der Waals surface area contributed by atoms with Gasteiger partial charge >= 0.3 is 5.97 Å². The number of hydrogen-bond acceptors (Lipinski definition) is 4. The molecule has 0 unspecified atom stereocenters. The number of ether oxygens (including phenoxy) is 1. The number of amides is 1. The Morgan fingerprint density at radius 2 is 2.09 bits per heavy atom. The average molecular weight is 321 g/mol. The Morgan fingerprint density at radius 3 is 2.86 bits per heavy atom. The second kappa shape index (κ2) is 6.82. The van der Waals surface area contributed by atoms with E-state index in [1.807, 2.05) is 6.07 Å². The van der Waals surface area contributed by atoms with Crippen molar-refractivity contribution in [2.45, 2.75) is 57.9 Å². The van der Waals surface area contributed by atoms with Crippen LogP contribution in [0.4, 0.5) is 0 Å². The molecule has 1 amide bonds. The van der Waals surface area contributed by atoms with Crippen LogP contribution in [-0.4, -0.2) is 24.5 Å². The molecule has 1 N–H and O–H groups in total. The summed E-state index contributed by atoms with van der Waals surface area (Å²) in [5, 5.41) is 3.00. The van der Waals surface area contributed by atoms with Crippen LogP contribution in [0.3, 0.4) is 0 Å². The Labute approximate surface area is 135 Å². The molecule has 0 aliphatic heterocycles. The molecule has 1 aromatic heterocycles. The fourth-order valence-electron chi connectivity index (χ4n) is 3.41. The van der Waals surface area contributed by atoms with Gasteiger partial charge in [0.1, 0.15) is 4.88 Å². The van der Waals surface area contributed by atoms with Crippen LogP contribution in [0.1, 0.15) is 59.1 Å². The highest BCUT2D eigenvalue weighted by Gasteiger charge is 2.24. The highest BCUT2D eigenvalue weighted by molar-refractivity contribution is 7.14. The third-order valence-electron chi connectivity index (χ3n) is 4.74. The van der Waals surface area contributed by atoms with E-state index in [2.05, 4.69) is 12.2 Å². The van der Waals surface area contributed by atoms with Crippen molar-refractivity contribution >= 4 is 23.2 Å². The molecule has 0 radical (unpaired) electrons. The van der Waals surface area contributed by atoms with Crippen LogP contribution in [-0.2, 0) is 22.4 Å². The van der Waals surface area contributed by atoms with Crippen LogP contribution in [0.15, 0.2) is 6.07 Å². The predicted octanol–water partition coefficient (Wildman–Crippen LogP) is 3.09. The Hall–Kier alpha value is -1.36. The van der Waals surface area contributed by atoms with E-state index in [4.69, 9.17) is 4.74 Å². The van der Waals surface area contributed by atoms with E-state index in [9.17, 15) is 9.59 Å². The molecule has 1 saturated carbocycles. The molecule has 2 aliphatic carbocycles.